The second-order valence-corrected chi connectivity index (χ2v) is 5.84. The van der Waals surface area contributed by atoms with Gasteiger partial charge in [-0.15, -0.1) is 0 Å². The lowest BCUT2D eigenvalue weighted by Gasteiger charge is -2.32. The zero-order chi connectivity index (χ0) is 15.6. The maximum absolute atomic E-state index is 12.9. The SMILES string of the molecule is O=C(c1n[nH]c2ccccc12)N1CCC[C@@H](c2ccncn2)C1. The van der Waals surface area contributed by atoms with Gasteiger partial charge in [0.25, 0.3) is 5.91 Å². The summed E-state index contributed by atoms with van der Waals surface area (Å²) in [5.74, 6) is 0.252. The largest absolute Gasteiger partial charge is 0.337 e. The molecule has 3 aromatic rings. The molecule has 2 aromatic heterocycles. The van der Waals surface area contributed by atoms with E-state index in [4.69, 9.17) is 0 Å². The summed E-state index contributed by atoms with van der Waals surface area (Å²) in [6.45, 7) is 1.44. The van der Waals surface area contributed by atoms with Gasteiger partial charge in [0.15, 0.2) is 5.69 Å². The standard InChI is InChI=1S/C17H17N5O/c23-17(16-13-5-1-2-6-15(13)20-21-16)22-9-3-4-12(10-22)14-7-8-18-11-19-14/h1-2,5-8,11-12H,3-4,9-10H2,(H,20,21)/t12-/m1/s1. The van der Waals surface area contributed by atoms with Crippen molar-refractivity contribution in [2.75, 3.05) is 13.1 Å². The molecule has 3 heterocycles. The highest BCUT2D eigenvalue weighted by Gasteiger charge is 2.28. The Morgan fingerprint density at radius 2 is 2.17 bits per heavy atom. The van der Waals surface area contributed by atoms with Crippen molar-refractivity contribution in [3.63, 3.8) is 0 Å². The number of rotatable bonds is 2. The van der Waals surface area contributed by atoms with Crippen LogP contribution in [-0.2, 0) is 0 Å². The van der Waals surface area contributed by atoms with Crippen LogP contribution in [0.3, 0.4) is 0 Å². The smallest absolute Gasteiger partial charge is 0.275 e. The lowest BCUT2D eigenvalue weighted by Crippen LogP contribution is -2.39. The third kappa shape index (κ3) is 2.56. The molecule has 0 unspecified atom stereocenters. The Bertz CT molecular complexity index is 829. The zero-order valence-corrected chi connectivity index (χ0v) is 12.6. The van der Waals surface area contributed by atoms with Crippen LogP contribution >= 0.6 is 0 Å². The van der Waals surface area contributed by atoms with Crippen LogP contribution in [0.5, 0.6) is 0 Å². The van der Waals surface area contributed by atoms with Crippen molar-refractivity contribution < 1.29 is 4.79 Å². The number of benzene rings is 1. The Balaban J connectivity index is 1.59. The molecule has 1 atom stereocenters. The first kappa shape index (κ1) is 13.9. The summed E-state index contributed by atoms with van der Waals surface area (Å²) in [7, 11) is 0. The van der Waals surface area contributed by atoms with E-state index in [-0.39, 0.29) is 11.8 Å². The Morgan fingerprint density at radius 1 is 1.26 bits per heavy atom. The number of hydrogen-bond acceptors (Lipinski definition) is 4. The van der Waals surface area contributed by atoms with Gasteiger partial charge in [0.2, 0.25) is 0 Å². The fourth-order valence-electron chi connectivity index (χ4n) is 3.22. The third-order valence-corrected chi connectivity index (χ3v) is 4.40. The number of aromatic nitrogens is 4. The number of nitrogens with one attached hydrogen (secondary N) is 1. The number of para-hydroxylation sites is 1. The fourth-order valence-corrected chi connectivity index (χ4v) is 3.22. The number of carbonyl (C=O) groups is 1. The van der Waals surface area contributed by atoms with Gasteiger partial charge in [-0.2, -0.15) is 5.10 Å². The minimum absolute atomic E-state index is 0.0128. The predicted octanol–water partition coefficient (Wildman–Crippen LogP) is 2.37. The van der Waals surface area contributed by atoms with Crippen molar-refractivity contribution in [3.8, 4) is 0 Å². The second kappa shape index (κ2) is 5.79. The molecule has 1 aromatic carbocycles. The molecule has 0 radical (unpaired) electrons. The van der Waals surface area contributed by atoms with Gasteiger partial charge >= 0.3 is 0 Å². The molecule has 4 rings (SSSR count). The summed E-state index contributed by atoms with van der Waals surface area (Å²) in [5, 5.41) is 8.04. The summed E-state index contributed by atoms with van der Waals surface area (Å²) in [6, 6.07) is 9.65. The van der Waals surface area contributed by atoms with E-state index >= 15 is 0 Å². The van der Waals surface area contributed by atoms with Crippen LogP contribution in [0.25, 0.3) is 10.9 Å². The van der Waals surface area contributed by atoms with E-state index < -0.39 is 0 Å². The summed E-state index contributed by atoms with van der Waals surface area (Å²) in [5.41, 5.74) is 2.40. The minimum atomic E-state index is -0.0128. The Hall–Kier alpha value is -2.76. The fraction of sp³-hybridized carbons (Fsp3) is 0.294. The van der Waals surface area contributed by atoms with Crippen molar-refractivity contribution in [1.29, 1.82) is 0 Å². The predicted molar refractivity (Wildman–Crippen MR) is 86.0 cm³/mol. The molecule has 1 aliphatic heterocycles. The van der Waals surface area contributed by atoms with Gasteiger partial charge in [0.05, 0.1) is 5.52 Å². The maximum atomic E-state index is 12.9. The van der Waals surface area contributed by atoms with E-state index in [0.717, 1.165) is 36.0 Å². The van der Waals surface area contributed by atoms with E-state index in [2.05, 4.69) is 20.2 Å². The van der Waals surface area contributed by atoms with Gasteiger partial charge in [-0.3, -0.25) is 9.89 Å². The second-order valence-electron chi connectivity index (χ2n) is 5.84. The average molecular weight is 307 g/mol. The zero-order valence-electron chi connectivity index (χ0n) is 12.6. The first-order valence-corrected chi connectivity index (χ1v) is 7.81. The maximum Gasteiger partial charge on any atom is 0.275 e. The number of H-pyrrole nitrogens is 1. The molecular weight excluding hydrogens is 290 g/mol. The van der Waals surface area contributed by atoms with Gasteiger partial charge in [0, 0.05) is 36.3 Å². The highest BCUT2D eigenvalue weighted by atomic mass is 16.2. The summed E-state index contributed by atoms with van der Waals surface area (Å²) in [4.78, 5) is 23.1. The third-order valence-electron chi connectivity index (χ3n) is 4.40. The molecule has 1 amide bonds. The topological polar surface area (TPSA) is 74.8 Å². The number of piperidine rings is 1. The molecule has 6 nitrogen and oxygen atoms in total. The highest BCUT2D eigenvalue weighted by molar-refractivity contribution is 6.04. The summed E-state index contributed by atoms with van der Waals surface area (Å²) in [6.07, 6.45) is 5.34. The first-order chi connectivity index (χ1) is 11.3. The molecule has 1 fully saturated rings. The van der Waals surface area contributed by atoms with E-state index in [0.29, 0.717) is 12.2 Å². The van der Waals surface area contributed by atoms with Gasteiger partial charge < -0.3 is 4.90 Å². The van der Waals surface area contributed by atoms with Crippen LogP contribution in [0.2, 0.25) is 0 Å². The lowest BCUT2D eigenvalue weighted by molar-refractivity contribution is 0.0702. The number of aromatic amines is 1. The number of nitrogens with zero attached hydrogens (tertiary/aromatic N) is 4. The quantitative estimate of drug-likeness (QED) is 0.788. The van der Waals surface area contributed by atoms with Crippen molar-refractivity contribution >= 4 is 16.8 Å². The van der Waals surface area contributed by atoms with Gasteiger partial charge in [-0.05, 0) is 25.0 Å². The molecule has 0 aliphatic carbocycles. The van der Waals surface area contributed by atoms with Crippen molar-refractivity contribution in [2.45, 2.75) is 18.8 Å². The van der Waals surface area contributed by atoms with Gasteiger partial charge in [-0.1, -0.05) is 18.2 Å². The molecule has 23 heavy (non-hydrogen) atoms. The molecular formula is C17H17N5O. The average Bonchev–Trinajstić information content (AvgIpc) is 3.06. The van der Waals surface area contributed by atoms with Crippen LogP contribution in [-0.4, -0.2) is 44.1 Å². The van der Waals surface area contributed by atoms with E-state index in [1.54, 1.807) is 12.5 Å². The summed E-state index contributed by atoms with van der Waals surface area (Å²) >= 11 is 0. The molecule has 6 heteroatoms. The van der Waals surface area contributed by atoms with Gasteiger partial charge in [0.1, 0.15) is 6.33 Å². The van der Waals surface area contributed by atoms with Crippen LogP contribution < -0.4 is 0 Å². The van der Waals surface area contributed by atoms with Crippen LogP contribution in [0.1, 0.15) is 34.9 Å². The Kier molecular flexibility index (Phi) is 3.49. The number of fused-ring (bicyclic) bond motifs is 1. The van der Waals surface area contributed by atoms with Crippen LogP contribution in [0.15, 0.2) is 42.9 Å². The van der Waals surface area contributed by atoms with E-state index in [1.165, 1.54) is 0 Å². The van der Waals surface area contributed by atoms with E-state index in [1.807, 2.05) is 35.2 Å². The number of carbonyl (C=O) groups excluding carboxylic acids is 1. The molecule has 1 saturated heterocycles. The molecule has 0 bridgehead atoms. The lowest BCUT2D eigenvalue weighted by atomic mass is 9.94. The molecule has 1 aliphatic rings. The monoisotopic (exact) mass is 307 g/mol. The van der Waals surface area contributed by atoms with E-state index in [9.17, 15) is 4.79 Å². The molecule has 116 valence electrons. The molecule has 0 saturated carbocycles. The normalized spacial score (nSPS) is 18.3. The van der Waals surface area contributed by atoms with Crippen molar-refractivity contribution in [2.24, 2.45) is 0 Å². The number of amides is 1. The van der Waals surface area contributed by atoms with Gasteiger partial charge in [-0.25, -0.2) is 9.97 Å². The first-order valence-electron chi connectivity index (χ1n) is 7.81. The molecule has 0 spiro atoms. The van der Waals surface area contributed by atoms with Crippen molar-refractivity contribution in [3.05, 3.63) is 54.2 Å². The molecule has 1 N–H and O–H groups in total. The highest BCUT2D eigenvalue weighted by Crippen LogP contribution is 2.27. The van der Waals surface area contributed by atoms with Crippen molar-refractivity contribution in [1.82, 2.24) is 25.1 Å². The van der Waals surface area contributed by atoms with Crippen LogP contribution in [0.4, 0.5) is 0 Å². The summed E-state index contributed by atoms with van der Waals surface area (Å²) < 4.78 is 0. The Morgan fingerprint density at radius 3 is 3.04 bits per heavy atom. The number of hydrogen-bond donors (Lipinski definition) is 1. The Labute approximate surface area is 133 Å². The van der Waals surface area contributed by atoms with Crippen LogP contribution in [0, 0.1) is 0 Å². The minimum Gasteiger partial charge on any atom is -0.337 e. The number of likely N-dealkylation sites (tertiary alicyclic amines) is 1.